The Morgan fingerprint density at radius 3 is 2.83 bits per heavy atom. The Kier molecular flexibility index (Phi) is 2.74. The summed E-state index contributed by atoms with van der Waals surface area (Å²) < 4.78 is 2.18. The lowest BCUT2D eigenvalue weighted by atomic mass is 10.2. The van der Waals surface area contributed by atoms with Crippen LogP contribution in [0.4, 0.5) is 5.95 Å². The van der Waals surface area contributed by atoms with Crippen molar-refractivity contribution in [1.29, 1.82) is 0 Å². The molecule has 0 saturated carbocycles. The summed E-state index contributed by atoms with van der Waals surface area (Å²) in [5, 5.41) is 3.08. The number of nitrogens with one attached hydrogen (secondary N) is 1. The molecule has 3 heteroatoms. The molecule has 1 unspecified atom stereocenters. The number of aromatic nitrogens is 2. The minimum atomic E-state index is 0.522. The van der Waals surface area contributed by atoms with Gasteiger partial charge in [0.2, 0.25) is 5.95 Å². The average Bonchev–Trinajstić information content (AvgIpc) is 2.45. The molecule has 1 N–H and O–H groups in total. The number of hydrogen-bond acceptors (Lipinski definition) is 2. The Morgan fingerprint density at radius 2 is 2.33 bits per heavy atom. The SMILES string of the molecule is CCC(C)n1cc(C)nc1NC. The van der Waals surface area contributed by atoms with Crippen molar-refractivity contribution in [3.05, 3.63) is 11.9 Å². The van der Waals surface area contributed by atoms with Crippen molar-refractivity contribution in [3.63, 3.8) is 0 Å². The maximum absolute atomic E-state index is 4.35. The Hall–Kier alpha value is -0.990. The van der Waals surface area contributed by atoms with E-state index in [1.54, 1.807) is 0 Å². The van der Waals surface area contributed by atoms with Gasteiger partial charge in [0.05, 0.1) is 5.69 Å². The molecule has 1 rings (SSSR count). The maximum Gasteiger partial charge on any atom is 0.203 e. The van der Waals surface area contributed by atoms with Crippen LogP contribution in [-0.4, -0.2) is 16.6 Å². The zero-order valence-corrected chi connectivity index (χ0v) is 8.26. The van der Waals surface area contributed by atoms with Gasteiger partial charge in [0, 0.05) is 19.3 Å². The van der Waals surface area contributed by atoms with Crippen molar-refractivity contribution < 1.29 is 0 Å². The molecular formula is C9H17N3. The van der Waals surface area contributed by atoms with Gasteiger partial charge in [0.15, 0.2) is 0 Å². The lowest BCUT2D eigenvalue weighted by molar-refractivity contribution is 0.536. The molecule has 0 fully saturated rings. The van der Waals surface area contributed by atoms with E-state index in [1.807, 2.05) is 14.0 Å². The molecule has 0 bridgehead atoms. The van der Waals surface area contributed by atoms with Crippen molar-refractivity contribution in [1.82, 2.24) is 9.55 Å². The van der Waals surface area contributed by atoms with Gasteiger partial charge in [-0.15, -0.1) is 0 Å². The summed E-state index contributed by atoms with van der Waals surface area (Å²) in [6.07, 6.45) is 3.21. The third kappa shape index (κ3) is 1.60. The second-order valence-corrected chi connectivity index (χ2v) is 3.12. The number of anilines is 1. The van der Waals surface area contributed by atoms with E-state index in [9.17, 15) is 0 Å². The van der Waals surface area contributed by atoms with Gasteiger partial charge in [-0.25, -0.2) is 4.98 Å². The van der Waals surface area contributed by atoms with Crippen LogP contribution < -0.4 is 5.32 Å². The van der Waals surface area contributed by atoms with E-state index in [1.165, 1.54) is 0 Å². The fourth-order valence-electron chi connectivity index (χ4n) is 1.23. The van der Waals surface area contributed by atoms with E-state index in [0.717, 1.165) is 18.1 Å². The van der Waals surface area contributed by atoms with Gasteiger partial charge in [0.1, 0.15) is 0 Å². The van der Waals surface area contributed by atoms with Gasteiger partial charge < -0.3 is 9.88 Å². The molecule has 1 aromatic heterocycles. The average molecular weight is 167 g/mol. The molecule has 12 heavy (non-hydrogen) atoms. The standard InChI is InChI=1S/C9H17N3/c1-5-8(3)12-6-7(2)11-9(12)10-4/h6,8H,5H2,1-4H3,(H,10,11). The second kappa shape index (κ2) is 3.61. The first kappa shape index (κ1) is 9.10. The fourth-order valence-corrected chi connectivity index (χ4v) is 1.23. The summed E-state index contributed by atoms with van der Waals surface area (Å²) in [5.74, 6) is 0.960. The zero-order chi connectivity index (χ0) is 9.14. The molecule has 0 spiro atoms. The fraction of sp³-hybridized carbons (Fsp3) is 0.667. The van der Waals surface area contributed by atoms with Gasteiger partial charge in [-0.2, -0.15) is 0 Å². The van der Waals surface area contributed by atoms with E-state index in [4.69, 9.17) is 0 Å². The summed E-state index contributed by atoms with van der Waals surface area (Å²) in [6, 6.07) is 0.522. The van der Waals surface area contributed by atoms with Gasteiger partial charge in [0.25, 0.3) is 0 Å². The second-order valence-electron chi connectivity index (χ2n) is 3.12. The molecule has 3 nitrogen and oxygen atoms in total. The molecule has 1 aromatic rings. The number of imidazole rings is 1. The predicted octanol–water partition coefficient (Wildman–Crippen LogP) is 2.20. The quantitative estimate of drug-likeness (QED) is 0.748. The van der Waals surface area contributed by atoms with Gasteiger partial charge in [-0.1, -0.05) is 6.92 Å². The van der Waals surface area contributed by atoms with Crippen LogP contribution in [-0.2, 0) is 0 Å². The highest BCUT2D eigenvalue weighted by atomic mass is 15.2. The van der Waals surface area contributed by atoms with Crippen LogP contribution in [0.5, 0.6) is 0 Å². The van der Waals surface area contributed by atoms with E-state index >= 15 is 0 Å². The van der Waals surface area contributed by atoms with Crippen LogP contribution in [0.1, 0.15) is 32.0 Å². The molecular weight excluding hydrogens is 150 g/mol. The third-order valence-electron chi connectivity index (χ3n) is 2.14. The van der Waals surface area contributed by atoms with E-state index < -0.39 is 0 Å². The molecule has 68 valence electrons. The van der Waals surface area contributed by atoms with Crippen LogP contribution in [0.15, 0.2) is 6.20 Å². The topological polar surface area (TPSA) is 29.9 Å². The lowest BCUT2D eigenvalue weighted by Gasteiger charge is -2.13. The molecule has 1 heterocycles. The van der Waals surface area contributed by atoms with Crippen molar-refractivity contribution in [2.75, 3.05) is 12.4 Å². The van der Waals surface area contributed by atoms with E-state index in [2.05, 4.69) is 34.9 Å². The van der Waals surface area contributed by atoms with Crippen LogP contribution in [0.2, 0.25) is 0 Å². The van der Waals surface area contributed by atoms with Crippen molar-refractivity contribution >= 4 is 5.95 Å². The first-order valence-electron chi connectivity index (χ1n) is 4.42. The van der Waals surface area contributed by atoms with Crippen LogP contribution in [0.25, 0.3) is 0 Å². The summed E-state index contributed by atoms with van der Waals surface area (Å²) in [5.41, 5.74) is 1.07. The smallest absolute Gasteiger partial charge is 0.203 e. The lowest BCUT2D eigenvalue weighted by Crippen LogP contribution is -2.06. The molecule has 0 aromatic carbocycles. The molecule has 0 radical (unpaired) electrons. The highest BCUT2D eigenvalue weighted by molar-refractivity contribution is 5.28. The van der Waals surface area contributed by atoms with Crippen LogP contribution in [0.3, 0.4) is 0 Å². The van der Waals surface area contributed by atoms with Crippen molar-refractivity contribution in [2.45, 2.75) is 33.2 Å². The van der Waals surface area contributed by atoms with Crippen LogP contribution >= 0.6 is 0 Å². The molecule has 1 atom stereocenters. The van der Waals surface area contributed by atoms with Gasteiger partial charge in [-0.05, 0) is 20.3 Å². The first-order valence-corrected chi connectivity index (χ1v) is 4.42. The number of rotatable bonds is 3. The predicted molar refractivity (Wildman–Crippen MR) is 51.5 cm³/mol. The highest BCUT2D eigenvalue weighted by Crippen LogP contribution is 2.17. The largest absolute Gasteiger partial charge is 0.359 e. The van der Waals surface area contributed by atoms with Crippen LogP contribution in [0, 0.1) is 6.92 Å². The Balaban J connectivity index is 2.96. The number of nitrogens with zero attached hydrogens (tertiary/aromatic N) is 2. The Morgan fingerprint density at radius 1 is 1.67 bits per heavy atom. The molecule has 0 aliphatic rings. The summed E-state index contributed by atoms with van der Waals surface area (Å²) in [6.45, 7) is 6.39. The number of hydrogen-bond donors (Lipinski definition) is 1. The van der Waals surface area contributed by atoms with Crippen molar-refractivity contribution in [2.24, 2.45) is 0 Å². The van der Waals surface area contributed by atoms with E-state index in [-0.39, 0.29) is 0 Å². The molecule has 0 aliphatic heterocycles. The third-order valence-corrected chi connectivity index (χ3v) is 2.14. The van der Waals surface area contributed by atoms with Gasteiger partial charge in [-0.3, -0.25) is 0 Å². The maximum atomic E-state index is 4.35. The summed E-state index contributed by atoms with van der Waals surface area (Å²) in [7, 11) is 1.90. The number of aryl methyl sites for hydroxylation is 1. The minimum absolute atomic E-state index is 0.522. The molecule has 0 amide bonds. The minimum Gasteiger partial charge on any atom is -0.359 e. The Labute approximate surface area is 73.8 Å². The Bertz CT molecular complexity index is 252. The summed E-state index contributed by atoms with van der Waals surface area (Å²) in [4.78, 5) is 4.35. The monoisotopic (exact) mass is 167 g/mol. The van der Waals surface area contributed by atoms with Crippen molar-refractivity contribution in [3.8, 4) is 0 Å². The zero-order valence-electron chi connectivity index (χ0n) is 8.26. The summed E-state index contributed by atoms with van der Waals surface area (Å²) >= 11 is 0. The highest BCUT2D eigenvalue weighted by Gasteiger charge is 2.07. The molecule has 0 aliphatic carbocycles. The first-order chi connectivity index (χ1) is 5.69. The van der Waals surface area contributed by atoms with Gasteiger partial charge >= 0.3 is 0 Å². The van der Waals surface area contributed by atoms with E-state index in [0.29, 0.717) is 6.04 Å². The molecule has 0 saturated heterocycles. The normalized spacial score (nSPS) is 13.0.